The average molecular weight is 176 g/mol. The number of rotatable bonds is 2. The van der Waals surface area contributed by atoms with E-state index in [1.807, 2.05) is 12.4 Å². The molecule has 1 aromatic heterocycles. The minimum atomic E-state index is 0.616. The molecule has 1 N–H and O–H groups in total. The molecule has 2 unspecified atom stereocenters. The minimum absolute atomic E-state index is 0.616. The molecule has 2 rings (SSSR count). The molecule has 0 saturated carbocycles. The topological polar surface area (TPSA) is 24.9 Å². The van der Waals surface area contributed by atoms with Crippen LogP contribution in [0, 0.1) is 0 Å². The summed E-state index contributed by atoms with van der Waals surface area (Å²) in [5.74, 6) is 0.616. The van der Waals surface area contributed by atoms with Crippen LogP contribution in [0.5, 0.6) is 0 Å². The molecule has 2 nitrogen and oxygen atoms in total. The lowest BCUT2D eigenvalue weighted by Gasteiger charge is -2.19. The first-order valence-corrected chi connectivity index (χ1v) is 5.01. The van der Waals surface area contributed by atoms with Gasteiger partial charge in [-0.25, -0.2) is 0 Å². The van der Waals surface area contributed by atoms with Crippen LogP contribution in [0.15, 0.2) is 24.5 Å². The SMILES string of the molecule is CC(c1ccncc1)C1CCCN1. The number of hydrogen-bond donors (Lipinski definition) is 1. The second-order valence-corrected chi connectivity index (χ2v) is 3.77. The molecule has 0 aromatic carbocycles. The van der Waals surface area contributed by atoms with E-state index in [0.717, 1.165) is 0 Å². The first-order chi connectivity index (χ1) is 6.38. The summed E-state index contributed by atoms with van der Waals surface area (Å²) in [4.78, 5) is 4.03. The lowest BCUT2D eigenvalue weighted by Crippen LogP contribution is -2.27. The molecular formula is C11H16N2. The first-order valence-electron chi connectivity index (χ1n) is 5.01. The number of aromatic nitrogens is 1. The van der Waals surface area contributed by atoms with E-state index in [2.05, 4.69) is 29.4 Å². The Hall–Kier alpha value is -0.890. The molecule has 0 amide bonds. The Balaban J connectivity index is 2.08. The van der Waals surface area contributed by atoms with E-state index in [9.17, 15) is 0 Å². The maximum atomic E-state index is 4.03. The zero-order chi connectivity index (χ0) is 9.10. The van der Waals surface area contributed by atoms with Crippen molar-refractivity contribution in [3.05, 3.63) is 30.1 Å². The van der Waals surface area contributed by atoms with Gasteiger partial charge < -0.3 is 5.32 Å². The van der Waals surface area contributed by atoms with E-state index in [-0.39, 0.29) is 0 Å². The summed E-state index contributed by atoms with van der Waals surface area (Å²) < 4.78 is 0. The van der Waals surface area contributed by atoms with Crippen LogP contribution in [0.3, 0.4) is 0 Å². The van der Waals surface area contributed by atoms with Crippen molar-refractivity contribution in [3.63, 3.8) is 0 Å². The summed E-state index contributed by atoms with van der Waals surface area (Å²) in [6, 6.07) is 4.90. The summed E-state index contributed by atoms with van der Waals surface area (Å²) in [5.41, 5.74) is 1.40. The lowest BCUT2D eigenvalue weighted by molar-refractivity contribution is 0.517. The van der Waals surface area contributed by atoms with E-state index >= 15 is 0 Å². The highest BCUT2D eigenvalue weighted by atomic mass is 14.9. The van der Waals surface area contributed by atoms with Crippen molar-refractivity contribution < 1.29 is 0 Å². The highest BCUT2D eigenvalue weighted by Gasteiger charge is 2.21. The van der Waals surface area contributed by atoms with E-state index in [1.54, 1.807) is 0 Å². The molecule has 2 heterocycles. The number of nitrogens with zero attached hydrogens (tertiary/aromatic N) is 1. The molecule has 13 heavy (non-hydrogen) atoms. The summed E-state index contributed by atoms with van der Waals surface area (Å²) in [6.45, 7) is 3.47. The van der Waals surface area contributed by atoms with Gasteiger partial charge in [0.2, 0.25) is 0 Å². The molecule has 1 aliphatic heterocycles. The Morgan fingerprint density at radius 1 is 1.46 bits per heavy atom. The van der Waals surface area contributed by atoms with Crippen LogP contribution in [0.4, 0.5) is 0 Å². The van der Waals surface area contributed by atoms with Gasteiger partial charge in [-0.15, -0.1) is 0 Å². The van der Waals surface area contributed by atoms with Crippen molar-refractivity contribution >= 4 is 0 Å². The minimum Gasteiger partial charge on any atom is -0.313 e. The van der Waals surface area contributed by atoms with E-state index < -0.39 is 0 Å². The zero-order valence-corrected chi connectivity index (χ0v) is 8.03. The third-order valence-electron chi connectivity index (χ3n) is 2.93. The molecule has 0 aliphatic carbocycles. The molecule has 70 valence electrons. The van der Waals surface area contributed by atoms with Gasteiger partial charge in [-0.05, 0) is 43.0 Å². The smallest absolute Gasteiger partial charge is 0.0270 e. The van der Waals surface area contributed by atoms with Crippen LogP contribution >= 0.6 is 0 Å². The Labute approximate surface area is 79.4 Å². The van der Waals surface area contributed by atoms with Crippen molar-refractivity contribution in [1.82, 2.24) is 10.3 Å². The third-order valence-corrected chi connectivity index (χ3v) is 2.93. The standard InChI is InChI=1S/C11H16N2/c1-9(11-3-2-6-13-11)10-4-7-12-8-5-10/h4-5,7-9,11,13H,2-3,6H2,1H3. The zero-order valence-electron chi connectivity index (χ0n) is 8.03. The molecule has 2 heteroatoms. The van der Waals surface area contributed by atoms with Crippen LogP contribution < -0.4 is 5.32 Å². The van der Waals surface area contributed by atoms with Crippen molar-refractivity contribution in [2.75, 3.05) is 6.54 Å². The maximum Gasteiger partial charge on any atom is 0.0270 e. The monoisotopic (exact) mass is 176 g/mol. The van der Waals surface area contributed by atoms with Crippen LogP contribution in [0.2, 0.25) is 0 Å². The molecular weight excluding hydrogens is 160 g/mol. The van der Waals surface area contributed by atoms with Gasteiger partial charge in [-0.3, -0.25) is 4.98 Å². The summed E-state index contributed by atoms with van der Waals surface area (Å²) >= 11 is 0. The Bertz CT molecular complexity index is 252. The molecule has 1 fully saturated rings. The van der Waals surface area contributed by atoms with Crippen LogP contribution in [0.1, 0.15) is 31.2 Å². The number of pyridine rings is 1. The van der Waals surface area contributed by atoms with Crippen molar-refractivity contribution in [2.45, 2.75) is 31.7 Å². The van der Waals surface area contributed by atoms with Crippen LogP contribution in [0.25, 0.3) is 0 Å². The fourth-order valence-electron chi connectivity index (χ4n) is 2.04. The number of nitrogens with one attached hydrogen (secondary N) is 1. The average Bonchev–Trinajstić information content (AvgIpc) is 2.71. The molecule has 1 saturated heterocycles. The Morgan fingerprint density at radius 2 is 2.23 bits per heavy atom. The Kier molecular flexibility index (Phi) is 2.60. The quantitative estimate of drug-likeness (QED) is 0.745. The fraction of sp³-hybridized carbons (Fsp3) is 0.545. The van der Waals surface area contributed by atoms with E-state index in [0.29, 0.717) is 12.0 Å². The Morgan fingerprint density at radius 3 is 2.85 bits per heavy atom. The van der Waals surface area contributed by atoms with Crippen LogP contribution in [-0.2, 0) is 0 Å². The van der Waals surface area contributed by atoms with Gasteiger partial charge in [-0.1, -0.05) is 6.92 Å². The van der Waals surface area contributed by atoms with Crippen LogP contribution in [-0.4, -0.2) is 17.6 Å². The normalized spacial score (nSPS) is 24.5. The van der Waals surface area contributed by atoms with Gasteiger partial charge in [0.15, 0.2) is 0 Å². The maximum absolute atomic E-state index is 4.03. The molecule has 1 aliphatic rings. The first kappa shape index (κ1) is 8.70. The van der Waals surface area contributed by atoms with E-state index in [4.69, 9.17) is 0 Å². The summed E-state index contributed by atoms with van der Waals surface area (Å²) in [5, 5.41) is 3.53. The van der Waals surface area contributed by atoms with Crippen molar-refractivity contribution in [2.24, 2.45) is 0 Å². The highest BCUT2D eigenvalue weighted by molar-refractivity contribution is 5.17. The van der Waals surface area contributed by atoms with Crippen molar-refractivity contribution in [1.29, 1.82) is 0 Å². The van der Waals surface area contributed by atoms with Gasteiger partial charge in [-0.2, -0.15) is 0 Å². The molecule has 1 aromatic rings. The van der Waals surface area contributed by atoms with Gasteiger partial charge >= 0.3 is 0 Å². The summed E-state index contributed by atoms with van der Waals surface area (Å²) in [6.07, 6.45) is 6.38. The van der Waals surface area contributed by atoms with Gasteiger partial charge in [0, 0.05) is 18.4 Å². The molecule has 0 bridgehead atoms. The predicted octanol–water partition coefficient (Wildman–Crippen LogP) is 1.94. The van der Waals surface area contributed by atoms with Gasteiger partial charge in [0.25, 0.3) is 0 Å². The molecule has 0 radical (unpaired) electrons. The second-order valence-electron chi connectivity index (χ2n) is 3.77. The van der Waals surface area contributed by atoms with Gasteiger partial charge in [0.05, 0.1) is 0 Å². The predicted molar refractivity (Wildman–Crippen MR) is 53.7 cm³/mol. The number of hydrogen-bond acceptors (Lipinski definition) is 2. The third kappa shape index (κ3) is 1.89. The molecule has 0 spiro atoms. The second kappa shape index (κ2) is 3.88. The fourth-order valence-corrected chi connectivity index (χ4v) is 2.04. The largest absolute Gasteiger partial charge is 0.313 e. The van der Waals surface area contributed by atoms with Gasteiger partial charge in [0.1, 0.15) is 0 Å². The lowest BCUT2D eigenvalue weighted by atomic mass is 9.93. The van der Waals surface area contributed by atoms with Crippen molar-refractivity contribution in [3.8, 4) is 0 Å². The summed E-state index contributed by atoms with van der Waals surface area (Å²) in [7, 11) is 0. The highest BCUT2D eigenvalue weighted by Crippen LogP contribution is 2.23. The molecule has 2 atom stereocenters. The van der Waals surface area contributed by atoms with E-state index in [1.165, 1.54) is 24.9 Å².